The second kappa shape index (κ2) is 4.38. The second-order valence-electron chi connectivity index (χ2n) is 3.13. The molecular weight excluding hydrogens is 223 g/mol. The Morgan fingerprint density at radius 3 is 2.69 bits per heavy atom. The third-order valence-electron chi connectivity index (χ3n) is 1.86. The van der Waals surface area contributed by atoms with Crippen LogP contribution >= 0.6 is 0 Å². The fourth-order valence-electron chi connectivity index (χ4n) is 1.14. The van der Waals surface area contributed by atoms with Crippen molar-refractivity contribution in [3.05, 3.63) is 30.6 Å². The summed E-state index contributed by atoms with van der Waals surface area (Å²) in [6.45, 7) is 3.09. The van der Waals surface area contributed by atoms with E-state index in [-0.39, 0.29) is 5.56 Å². The van der Waals surface area contributed by atoms with E-state index in [1.807, 2.05) is 0 Å². The van der Waals surface area contributed by atoms with Crippen molar-refractivity contribution in [3.63, 3.8) is 0 Å². The molecule has 16 heavy (non-hydrogen) atoms. The Balaban J connectivity index is 2.97. The SMILES string of the molecule is C=CC(=O)N[C@H](c1cnn(C)c1)C(F)(F)F. The lowest BCUT2D eigenvalue weighted by Gasteiger charge is -2.19. The summed E-state index contributed by atoms with van der Waals surface area (Å²) in [5, 5.41) is 5.42. The minimum atomic E-state index is -4.57. The highest BCUT2D eigenvalue weighted by Crippen LogP contribution is 2.32. The summed E-state index contributed by atoms with van der Waals surface area (Å²) in [6, 6.07) is -2.06. The molecule has 0 aromatic carbocycles. The molecule has 0 aliphatic heterocycles. The number of alkyl halides is 3. The van der Waals surface area contributed by atoms with Gasteiger partial charge in [0.1, 0.15) is 0 Å². The molecule has 0 saturated carbocycles. The average molecular weight is 233 g/mol. The van der Waals surface area contributed by atoms with Crippen LogP contribution in [0.15, 0.2) is 25.0 Å². The molecule has 1 rings (SSSR count). The molecule has 1 N–H and O–H groups in total. The molecular formula is C9H10F3N3O. The maximum Gasteiger partial charge on any atom is 0.413 e. The minimum absolute atomic E-state index is 0.120. The number of rotatable bonds is 3. The summed E-state index contributed by atoms with van der Waals surface area (Å²) in [7, 11) is 1.49. The highest BCUT2D eigenvalue weighted by molar-refractivity contribution is 5.87. The van der Waals surface area contributed by atoms with Crippen molar-refractivity contribution >= 4 is 5.91 Å². The summed E-state index contributed by atoms with van der Waals surface area (Å²) in [5.41, 5.74) is -0.120. The molecule has 4 nitrogen and oxygen atoms in total. The number of halogens is 3. The first-order chi connectivity index (χ1) is 7.34. The van der Waals surface area contributed by atoms with Gasteiger partial charge in [-0.3, -0.25) is 9.48 Å². The summed E-state index contributed by atoms with van der Waals surface area (Å²) in [6.07, 6.45) is -1.53. The van der Waals surface area contributed by atoms with Gasteiger partial charge in [0.2, 0.25) is 5.91 Å². The predicted molar refractivity (Wildman–Crippen MR) is 50.3 cm³/mol. The van der Waals surface area contributed by atoms with Crippen molar-refractivity contribution in [2.24, 2.45) is 7.05 Å². The Morgan fingerprint density at radius 1 is 1.69 bits per heavy atom. The molecule has 88 valence electrons. The predicted octanol–water partition coefficient (Wildman–Crippen LogP) is 1.33. The fourth-order valence-corrected chi connectivity index (χ4v) is 1.14. The Hall–Kier alpha value is -1.79. The Kier molecular flexibility index (Phi) is 3.36. The molecule has 0 radical (unpaired) electrons. The molecule has 0 aliphatic carbocycles. The van der Waals surface area contributed by atoms with Crippen LogP contribution in [0.4, 0.5) is 13.2 Å². The number of amides is 1. The number of hydrogen-bond donors (Lipinski definition) is 1. The summed E-state index contributed by atoms with van der Waals surface area (Å²) in [5.74, 6) is -0.883. The van der Waals surface area contributed by atoms with Crippen LogP contribution in [0.5, 0.6) is 0 Å². The molecule has 1 amide bonds. The zero-order valence-electron chi connectivity index (χ0n) is 8.45. The molecule has 1 atom stereocenters. The van der Waals surface area contributed by atoms with E-state index in [4.69, 9.17) is 0 Å². The largest absolute Gasteiger partial charge is 0.413 e. The normalized spacial score (nSPS) is 13.2. The lowest BCUT2D eigenvalue weighted by Crippen LogP contribution is -2.37. The van der Waals surface area contributed by atoms with Crippen LogP contribution in [0.1, 0.15) is 11.6 Å². The van der Waals surface area contributed by atoms with Gasteiger partial charge < -0.3 is 5.32 Å². The van der Waals surface area contributed by atoms with E-state index in [1.54, 1.807) is 5.32 Å². The first-order valence-electron chi connectivity index (χ1n) is 4.32. The highest BCUT2D eigenvalue weighted by Gasteiger charge is 2.42. The van der Waals surface area contributed by atoms with Gasteiger partial charge >= 0.3 is 6.18 Å². The van der Waals surface area contributed by atoms with Gasteiger partial charge in [0.25, 0.3) is 0 Å². The van der Waals surface area contributed by atoms with E-state index in [0.717, 1.165) is 12.3 Å². The van der Waals surface area contributed by atoms with Crippen LogP contribution < -0.4 is 5.32 Å². The zero-order valence-corrected chi connectivity index (χ0v) is 8.45. The van der Waals surface area contributed by atoms with Crippen LogP contribution in [-0.2, 0) is 11.8 Å². The van der Waals surface area contributed by atoms with Gasteiger partial charge in [-0.2, -0.15) is 18.3 Å². The van der Waals surface area contributed by atoms with E-state index >= 15 is 0 Å². The smallest absolute Gasteiger partial charge is 0.337 e. The van der Waals surface area contributed by atoms with Gasteiger partial charge in [-0.1, -0.05) is 6.58 Å². The average Bonchev–Trinajstić information content (AvgIpc) is 2.58. The van der Waals surface area contributed by atoms with Gasteiger partial charge in [-0.25, -0.2) is 0 Å². The van der Waals surface area contributed by atoms with E-state index in [9.17, 15) is 18.0 Å². The van der Waals surface area contributed by atoms with Gasteiger partial charge in [0.05, 0.1) is 6.20 Å². The molecule has 0 unspecified atom stereocenters. The number of aryl methyl sites for hydroxylation is 1. The van der Waals surface area contributed by atoms with E-state index < -0.39 is 18.1 Å². The maximum atomic E-state index is 12.6. The van der Waals surface area contributed by atoms with Crippen molar-refractivity contribution in [2.75, 3.05) is 0 Å². The third-order valence-corrected chi connectivity index (χ3v) is 1.86. The molecule has 0 spiro atoms. The lowest BCUT2D eigenvalue weighted by molar-refractivity contribution is -0.162. The van der Waals surface area contributed by atoms with Gasteiger partial charge in [-0.05, 0) is 6.08 Å². The number of hydrogen-bond acceptors (Lipinski definition) is 2. The first kappa shape index (κ1) is 12.3. The topological polar surface area (TPSA) is 46.9 Å². The van der Waals surface area contributed by atoms with Crippen LogP contribution in [0.2, 0.25) is 0 Å². The molecule has 1 aromatic heterocycles. The second-order valence-corrected chi connectivity index (χ2v) is 3.13. The molecule has 0 bridgehead atoms. The summed E-state index contributed by atoms with van der Waals surface area (Å²) >= 11 is 0. The van der Waals surface area contributed by atoms with E-state index in [0.29, 0.717) is 0 Å². The molecule has 1 heterocycles. The quantitative estimate of drug-likeness (QED) is 0.800. The van der Waals surface area contributed by atoms with Gasteiger partial charge in [-0.15, -0.1) is 0 Å². The molecule has 0 aliphatic rings. The van der Waals surface area contributed by atoms with Crippen molar-refractivity contribution in [2.45, 2.75) is 12.2 Å². The minimum Gasteiger partial charge on any atom is -0.337 e. The Bertz CT molecular complexity index is 397. The van der Waals surface area contributed by atoms with E-state index in [1.165, 1.54) is 17.9 Å². The van der Waals surface area contributed by atoms with Crippen LogP contribution in [0, 0.1) is 0 Å². The number of carbonyl (C=O) groups excluding carboxylic acids is 1. The van der Waals surface area contributed by atoms with Crippen LogP contribution in [-0.4, -0.2) is 21.9 Å². The molecule has 0 fully saturated rings. The molecule has 7 heteroatoms. The number of nitrogens with zero attached hydrogens (tertiary/aromatic N) is 2. The fraction of sp³-hybridized carbons (Fsp3) is 0.333. The number of nitrogens with one attached hydrogen (secondary N) is 1. The monoisotopic (exact) mass is 233 g/mol. The van der Waals surface area contributed by atoms with E-state index in [2.05, 4.69) is 11.7 Å². The standard InChI is InChI=1S/C9H10F3N3O/c1-3-7(16)14-8(9(10,11)12)6-4-13-15(2)5-6/h3-5,8H,1H2,2H3,(H,14,16)/t8-/m1/s1. The maximum absolute atomic E-state index is 12.6. The number of aromatic nitrogens is 2. The summed E-state index contributed by atoms with van der Waals surface area (Å²) < 4.78 is 39.1. The Morgan fingerprint density at radius 2 is 2.31 bits per heavy atom. The highest BCUT2D eigenvalue weighted by atomic mass is 19.4. The number of carbonyl (C=O) groups is 1. The van der Waals surface area contributed by atoms with Crippen molar-refractivity contribution in [1.82, 2.24) is 15.1 Å². The summed E-state index contributed by atoms with van der Waals surface area (Å²) in [4.78, 5) is 10.9. The van der Waals surface area contributed by atoms with Crippen LogP contribution in [0.3, 0.4) is 0 Å². The van der Waals surface area contributed by atoms with Crippen LogP contribution in [0.25, 0.3) is 0 Å². The zero-order chi connectivity index (χ0) is 12.3. The van der Waals surface area contributed by atoms with Crippen molar-refractivity contribution < 1.29 is 18.0 Å². The third kappa shape index (κ3) is 2.85. The van der Waals surface area contributed by atoms with Gasteiger partial charge in [0.15, 0.2) is 6.04 Å². The first-order valence-corrected chi connectivity index (χ1v) is 4.32. The Labute approximate surface area is 89.7 Å². The lowest BCUT2D eigenvalue weighted by atomic mass is 10.1. The molecule has 0 saturated heterocycles. The molecule has 1 aromatic rings. The van der Waals surface area contributed by atoms with Gasteiger partial charge in [0, 0.05) is 18.8 Å². The van der Waals surface area contributed by atoms with Crippen molar-refractivity contribution in [3.8, 4) is 0 Å². The van der Waals surface area contributed by atoms with Crippen molar-refractivity contribution in [1.29, 1.82) is 0 Å².